The van der Waals surface area contributed by atoms with Crippen molar-refractivity contribution in [2.45, 2.75) is 0 Å². The third kappa shape index (κ3) is 6.32. The number of hydrogen-bond acceptors (Lipinski definition) is 10. The van der Waals surface area contributed by atoms with Crippen molar-refractivity contribution in [3.05, 3.63) is 165 Å². The monoisotopic (exact) mass is 1150 g/mol. The van der Waals surface area contributed by atoms with Crippen LogP contribution >= 0.6 is 0 Å². The molecule has 13 nitrogen and oxygen atoms in total. The normalized spacial score (nSPS) is 11.3. The van der Waals surface area contributed by atoms with Crippen molar-refractivity contribution < 1.29 is 51.6 Å². The van der Waals surface area contributed by atoms with Crippen LogP contribution in [-0.4, -0.2) is 53.6 Å². The topological polar surface area (TPSA) is 136 Å². The summed E-state index contributed by atoms with van der Waals surface area (Å²) in [5, 5.41) is 5.90. The van der Waals surface area contributed by atoms with E-state index in [1.807, 2.05) is 98.6 Å². The van der Waals surface area contributed by atoms with Gasteiger partial charge in [0.15, 0.2) is 0 Å². The molecule has 12 rings (SSSR count). The molecule has 0 unspecified atom stereocenters. The average Bonchev–Trinajstić information content (AvgIpc) is 3.92. The second-order valence-corrected chi connectivity index (χ2v) is 13.5. The van der Waals surface area contributed by atoms with Gasteiger partial charge in [-0.15, -0.1) is 59.3 Å². The summed E-state index contributed by atoms with van der Waals surface area (Å²) in [5.41, 5.74) is 4.84. The molecule has 0 saturated heterocycles. The summed E-state index contributed by atoms with van der Waals surface area (Å²) in [4.78, 5) is 35.0. The first kappa shape index (κ1) is 38.0. The Morgan fingerprint density at radius 1 is 0.344 bits per heavy atom. The summed E-state index contributed by atoms with van der Waals surface area (Å²) in [6.07, 6.45) is 9.32. The molecular weight excluding hydrogens is 1130 g/mol. The van der Waals surface area contributed by atoms with Gasteiger partial charge in [0.2, 0.25) is 17.8 Å². The minimum Gasteiger partial charge on any atom is -0.509 e. The van der Waals surface area contributed by atoms with Crippen LogP contribution in [0.5, 0.6) is 23.0 Å². The van der Waals surface area contributed by atoms with Gasteiger partial charge in [0, 0.05) is 46.4 Å². The molecule has 12 aromatic rings. The van der Waals surface area contributed by atoms with Gasteiger partial charge in [-0.2, -0.15) is 35.0 Å². The van der Waals surface area contributed by atoms with Gasteiger partial charge in [0.1, 0.15) is 25.3 Å². The number of nitrogens with zero attached hydrogens (tertiary/aromatic N) is 11. The molecule has 6 aromatic heterocycles. The fraction of sp³-hybridized carbons (Fsp3) is 0. The van der Waals surface area contributed by atoms with E-state index in [1.165, 1.54) is 25.3 Å². The number of aromatic nitrogens is 11. The van der Waals surface area contributed by atoms with E-state index < -0.39 is 0 Å². The number of ether oxygens (including phenoxy) is 2. The van der Waals surface area contributed by atoms with Crippen molar-refractivity contribution in [1.82, 2.24) is 53.6 Å². The molecule has 0 aliphatic rings. The molecule has 0 aliphatic carbocycles. The third-order valence-electron chi connectivity index (χ3n) is 10.2. The number of rotatable bonds is 7. The molecule has 6 aromatic carbocycles. The molecule has 0 saturated carbocycles. The van der Waals surface area contributed by atoms with Gasteiger partial charge in [0.25, 0.3) is 0 Å². The first-order valence-corrected chi connectivity index (χ1v) is 18.5. The first-order valence-electron chi connectivity index (χ1n) is 18.5. The van der Waals surface area contributed by atoms with Crippen LogP contribution in [0.2, 0.25) is 0 Å². The van der Waals surface area contributed by atoms with Gasteiger partial charge in [-0.3, -0.25) is 0 Å². The zero-order valence-corrected chi connectivity index (χ0v) is 35.7. The van der Waals surface area contributed by atoms with Crippen LogP contribution < -0.4 is 9.47 Å². The van der Waals surface area contributed by atoms with E-state index in [1.54, 1.807) is 18.5 Å². The van der Waals surface area contributed by atoms with Crippen LogP contribution in [0.4, 0.5) is 0 Å². The summed E-state index contributed by atoms with van der Waals surface area (Å²) in [6, 6.07) is 47.5. The fourth-order valence-electron chi connectivity index (χ4n) is 7.77. The molecule has 15 heteroatoms. The maximum atomic E-state index is 6.48. The average molecular weight is 1150 g/mol. The van der Waals surface area contributed by atoms with Crippen molar-refractivity contribution in [2.75, 3.05) is 0 Å². The van der Waals surface area contributed by atoms with Gasteiger partial charge < -0.3 is 23.2 Å². The number of hydrogen-bond donors (Lipinski definition) is 0. The molecule has 0 amide bonds. The van der Waals surface area contributed by atoms with Crippen molar-refractivity contribution in [3.8, 4) is 40.8 Å². The van der Waals surface area contributed by atoms with Crippen LogP contribution in [0.1, 0.15) is 0 Å². The molecule has 61 heavy (non-hydrogen) atoms. The van der Waals surface area contributed by atoms with Crippen molar-refractivity contribution in [1.29, 1.82) is 0 Å². The molecule has 0 bridgehead atoms. The van der Waals surface area contributed by atoms with E-state index in [-0.39, 0.29) is 42.1 Å². The Bertz CT molecular complexity index is 3360. The minimum atomic E-state index is 0. The largest absolute Gasteiger partial charge is 2.00 e. The zero-order chi connectivity index (χ0) is 38.9. The Morgan fingerprint density at radius 2 is 0.689 bits per heavy atom. The standard InChI is InChI=1S/C46H23N11O2.2Pt/c1-3-8-38-32(6-1)34-14-10-28(20-40(34)55(38)45-51-24-47-25-52-45)58-30-12-16-36-37-17-13-31(23-43(37)57(42(36)22-30)44-49-18-5-19-50-44)59-29-11-15-35-33-7-2-4-9-39(33)56(41(35)21-29)46-53-26-48-27-54-46;;/h1-19,24-27H;;/q-4;2*+2. The van der Waals surface area contributed by atoms with E-state index in [4.69, 9.17) is 9.47 Å². The van der Waals surface area contributed by atoms with E-state index in [2.05, 4.69) is 76.3 Å². The Hall–Kier alpha value is -7.20. The summed E-state index contributed by atoms with van der Waals surface area (Å²) >= 11 is 0. The van der Waals surface area contributed by atoms with Gasteiger partial charge in [-0.25, -0.2) is 39.9 Å². The molecule has 0 spiro atoms. The van der Waals surface area contributed by atoms with Gasteiger partial charge in [-0.1, -0.05) is 58.5 Å². The predicted octanol–water partition coefficient (Wildman–Crippen LogP) is 8.92. The van der Waals surface area contributed by atoms with E-state index in [0.717, 1.165) is 54.4 Å². The number of fused-ring (bicyclic) bond motifs is 9. The molecule has 6 heterocycles. The quantitative estimate of drug-likeness (QED) is 0.142. The number of benzene rings is 6. The predicted molar refractivity (Wildman–Crippen MR) is 220 cm³/mol. The Kier molecular flexibility index (Phi) is 9.62. The maximum Gasteiger partial charge on any atom is 2.00 e. The first-order chi connectivity index (χ1) is 29.2. The minimum absolute atomic E-state index is 0. The summed E-state index contributed by atoms with van der Waals surface area (Å²) < 4.78 is 18.8. The molecule has 0 aliphatic heterocycles. The van der Waals surface area contributed by atoms with Crippen molar-refractivity contribution >= 4 is 65.4 Å². The van der Waals surface area contributed by atoms with Gasteiger partial charge in [-0.05, 0) is 29.0 Å². The maximum absolute atomic E-state index is 6.48. The van der Waals surface area contributed by atoms with Crippen LogP contribution in [0.15, 0.2) is 141 Å². The molecule has 0 fully saturated rings. The zero-order valence-electron chi connectivity index (χ0n) is 31.1. The Balaban J connectivity index is 0.00000223. The molecule has 0 atom stereocenters. The molecule has 0 N–H and O–H groups in total. The van der Waals surface area contributed by atoms with Gasteiger partial charge >= 0.3 is 42.1 Å². The SMILES string of the molecule is [Pt+2].[Pt+2].[c-]1c(Oc2[c-]c3c(cc2)c2ccccc2n3-c2ncncn2)ccc2c3ccc(Oc4[c-]c5c(cc4)c4ccccc4n5-c4ncncn4)[c-]c3n(-c3ncccn3)c12. The summed E-state index contributed by atoms with van der Waals surface area (Å²) in [6.45, 7) is 0. The van der Waals surface area contributed by atoms with Crippen LogP contribution in [0.3, 0.4) is 0 Å². The van der Waals surface area contributed by atoms with Crippen LogP contribution in [-0.2, 0) is 42.1 Å². The Labute approximate surface area is 374 Å². The third-order valence-corrected chi connectivity index (χ3v) is 10.2. The second kappa shape index (κ2) is 15.4. The van der Waals surface area contributed by atoms with Crippen LogP contribution in [0, 0.1) is 24.3 Å². The van der Waals surface area contributed by atoms with Crippen molar-refractivity contribution in [3.63, 3.8) is 0 Å². The van der Waals surface area contributed by atoms with Gasteiger partial charge in [0.05, 0.1) is 0 Å². The smallest absolute Gasteiger partial charge is 0.509 e. The molecular formula is C46H23N11O2Pt2. The fourth-order valence-corrected chi connectivity index (χ4v) is 7.77. The van der Waals surface area contributed by atoms with E-state index >= 15 is 0 Å². The van der Waals surface area contributed by atoms with Crippen LogP contribution in [0.25, 0.3) is 83.3 Å². The van der Waals surface area contributed by atoms with Crippen molar-refractivity contribution in [2.24, 2.45) is 0 Å². The van der Waals surface area contributed by atoms with E-state index in [9.17, 15) is 0 Å². The number of para-hydroxylation sites is 2. The summed E-state index contributed by atoms with van der Waals surface area (Å²) in [7, 11) is 0. The Morgan fingerprint density at radius 3 is 1.10 bits per heavy atom. The molecule has 294 valence electrons. The van der Waals surface area contributed by atoms with E-state index in [0.29, 0.717) is 51.9 Å². The molecule has 0 radical (unpaired) electrons. The summed E-state index contributed by atoms with van der Waals surface area (Å²) in [5.74, 6) is 3.36. The second-order valence-electron chi connectivity index (χ2n) is 13.5.